The van der Waals surface area contributed by atoms with Gasteiger partial charge < -0.3 is 4.74 Å². The van der Waals surface area contributed by atoms with Crippen LogP contribution in [0.2, 0.25) is 0 Å². The van der Waals surface area contributed by atoms with Crippen LogP contribution in [0.25, 0.3) is 11.6 Å². The Morgan fingerprint density at radius 3 is 2.37 bits per heavy atom. The zero-order chi connectivity index (χ0) is 19.2. The molecule has 0 aliphatic rings. The number of ether oxygens (including phenoxy) is 1. The maximum atomic E-state index is 13.0. The predicted molar refractivity (Wildman–Crippen MR) is 97.3 cm³/mol. The highest BCUT2D eigenvalue weighted by atomic mass is 19.1. The largest absolute Gasteiger partial charge is 0.439 e. The Balaban J connectivity index is 1.75. The third-order valence-corrected chi connectivity index (χ3v) is 3.62. The number of nitro groups is 1. The van der Waals surface area contributed by atoms with Gasteiger partial charge in [0.25, 0.3) is 5.69 Å². The number of pyridine rings is 1. The van der Waals surface area contributed by atoms with Gasteiger partial charge in [-0.2, -0.15) is 5.26 Å². The molecule has 0 saturated heterocycles. The second-order valence-corrected chi connectivity index (χ2v) is 5.46. The van der Waals surface area contributed by atoms with Gasteiger partial charge in [0.2, 0.25) is 5.88 Å². The molecule has 0 unspecified atom stereocenters. The van der Waals surface area contributed by atoms with Crippen LogP contribution in [0.3, 0.4) is 0 Å². The molecule has 0 atom stereocenters. The fourth-order valence-corrected chi connectivity index (χ4v) is 2.27. The van der Waals surface area contributed by atoms with Gasteiger partial charge >= 0.3 is 0 Å². The fraction of sp³-hybridized carbons (Fsp3) is 0. The van der Waals surface area contributed by atoms with Crippen LogP contribution in [-0.2, 0) is 0 Å². The van der Waals surface area contributed by atoms with Gasteiger partial charge in [0.05, 0.1) is 16.6 Å². The van der Waals surface area contributed by atoms with E-state index >= 15 is 0 Å². The number of benzene rings is 2. The summed E-state index contributed by atoms with van der Waals surface area (Å²) in [6.07, 6.45) is 2.80. The van der Waals surface area contributed by atoms with E-state index in [1.807, 2.05) is 0 Å². The standard InChI is InChI=1S/C20H12FN3O3/c21-17-5-3-15(4-6-17)16(12-22)11-14-1-8-19(9-2-14)27-20-10-7-18(13-23-20)24(25)26/h1-11,13H/b16-11-. The minimum atomic E-state index is -0.536. The van der Waals surface area contributed by atoms with Gasteiger partial charge in [-0.25, -0.2) is 9.37 Å². The number of hydrogen-bond acceptors (Lipinski definition) is 5. The summed E-state index contributed by atoms with van der Waals surface area (Å²) >= 11 is 0. The van der Waals surface area contributed by atoms with Crippen LogP contribution in [0.1, 0.15) is 11.1 Å². The second-order valence-electron chi connectivity index (χ2n) is 5.46. The van der Waals surface area contributed by atoms with E-state index in [1.165, 1.54) is 24.3 Å². The molecule has 1 heterocycles. The van der Waals surface area contributed by atoms with Crippen molar-refractivity contribution in [2.24, 2.45) is 0 Å². The van der Waals surface area contributed by atoms with Crippen LogP contribution in [0.5, 0.6) is 11.6 Å². The molecule has 27 heavy (non-hydrogen) atoms. The average Bonchev–Trinajstić information content (AvgIpc) is 2.68. The van der Waals surface area contributed by atoms with Gasteiger partial charge in [-0.3, -0.25) is 10.1 Å². The second kappa shape index (κ2) is 7.89. The highest BCUT2D eigenvalue weighted by Crippen LogP contribution is 2.23. The quantitative estimate of drug-likeness (QED) is 0.276. The number of nitriles is 1. The number of nitrogens with zero attached hydrogens (tertiary/aromatic N) is 3. The van der Waals surface area contributed by atoms with Crippen molar-refractivity contribution in [1.82, 2.24) is 4.98 Å². The van der Waals surface area contributed by atoms with E-state index < -0.39 is 4.92 Å². The molecule has 2 aromatic carbocycles. The Bertz CT molecular complexity index is 1020. The van der Waals surface area contributed by atoms with Gasteiger partial charge in [-0.05, 0) is 41.5 Å². The van der Waals surface area contributed by atoms with Crippen molar-refractivity contribution < 1.29 is 14.1 Å². The first-order chi connectivity index (χ1) is 13.0. The van der Waals surface area contributed by atoms with Crippen molar-refractivity contribution in [1.29, 1.82) is 5.26 Å². The molecule has 3 aromatic rings. The molecule has 0 amide bonds. The summed E-state index contributed by atoms with van der Waals surface area (Å²) in [5.74, 6) is 0.360. The zero-order valence-electron chi connectivity index (χ0n) is 13.9. The summed E-state index contributed by atoms with van der Waals surface area (Å²) < 4.78 is 18.5. The number of allylic oxidation sites excluding steroid dienone is 1. The number of halogens is 1. The summed E-state index contributed by atoms with van der Waals surface area (Å²) in [5, 5.41) is 19.9. The molecule has 132 valence electrons. The molecule has 3 rings (SSSR count). The molecule has 1 aromatic heterocycles. The fourth-order valence-electron chi connectivity index (χ4n) is 2.27. The van der Waals surface area contributed by atoms with Crippen LogP contribution in [-0.4, -0.2) is 9.91 Å². The molecule has 0 aliphatic carbocycles. The molecule has 0 saturated carbocycles. The molecular formula is C20H12FN3O3. The van der Waals surface area contributed by atoms with E-state index in [-0.39, 0.29) is 17.4 Å². The molecule has 0 aliphatic heterocycles. The van der Waals surface area contributed by atoms with Crippen molar-refractivity contribution in [3.63, 3.8) is 0 Å². The Labute approximate surface area is 153 Å². The topological polar surface area (TPSA) is 89.0 Å². The van der Waals surface area contributed by atoms with Crippen molar-refractivity contribution >= 4 is 17.3 Å². The molecule has 6 nitrogen and oxygen atoms in total. The minimum absolute atomic E-state index is 0.118. The molecular weight excluding hydrogens is 349 g/mol. The molecule has 0 radical (unpaired) electrons. The molecule has 0 fully saturated rings. The monoisotopic (exact) mass is 361 g/mol. The van der Waals surface area contributed by atoms with Crippen LogP contribution in [0.15, 0.2) is 66.9 Å². The molecule has 0 N–H and O–H groups in total. The summed E-state index contributed by atoms with van der Waals surface area (Å²) in [6, 6.07) is 17.4. The van der Waals surface area contributed by atoms with Crippen molar-refractivity contribution in [2.45, 2.75) is 0 Å². The van der Waals surface area contributed by atoms with E-state index in [0.29, 0.717) is 16.9 Å². The highest BCUT2D eigenvalue weighted by molar-refractivity contribution is 5.89. The summed E-state index contributed by atoms with van der Waals surface area (Å²) in [7, 11) is 0. The number of rotatable bonds is 5. The smallest absolute Gasteiger partial charge is 0.287 e. The van der Waals surface area contributed by atoms with E-state index in [2.05, 4.69) is 11.1 Å². The van der Waals surface area contributed by atoms with Gasteiger partial charge in [-0.1, -0.05) is 24.3 Å². The Kier molecular flexibility index (Phi) is 5.19. The number of aromatic nitrogens is 1. The lowest BCUT2D eigenvalue weighted by molar-refractivity contribution is -0.385. The van der Waals surface area contributed by atoms with Crippen LogP contribution >= 0.6 is 0 Å². The van der Waals surface area contributed by atoms with Crippen LogP contribution in [0.4, 0.5) is 10.1 Å². The molecule has 0 spiro atoms. The van der Waals surface area contributed by atoms with Gasteiger partial charge in [0, 0.05) is 12.1 Å². The van der Waals surface area contributed by atoms with Crippen molar-refractivity contribution in [3.8, 4) is 17.7 Å². The third kappa shape index (κ3) is 4.52. The van der Waals surface area contributed by atoms with Crippen molar-refractivity contribution in [2.75, 3.05) is 0 Å². The first-order valence-electron chi connectivity index (χ1n) is 7.81. The van der Waals surface area contributed by atoms with Crippen molar-refractivity contribution in [3.05, 3.63) is 93.9 Å². The maximum Gasteiger partial charge on any atom is 0.287 e. The third-order valence-electron chi connectivity index (χ3n) is 3.62. The van der Waals surface area contributed by atoms with Gasteiger partial charge in [0.15, 0.2) is 0 Å². The minimum Gasteiger partial charge on any atom is -0.439 e. The highest BCUT2D eigenvalue weighted by Gasteiger charge is 2.07. The summed E-state index contributed by atoms with van der Waals surface area (Å²) in [4.78, 5) is 14.0. The molecule has 7 heteroatoms. The SMILES string of the molecule is N#C/C(=C/c1ccc(Oc2ccc([N+](=O)[O-])cn2)cc1)c1ccc(F)cc1. The van der Waals surface area contributed by atoms with E-state index in [4.69, 9.17) is 4.74 Å². The van der Waals surface area contributed by atoms with Gasteiger partial charge in [-0.15, -0.1) is 0 Å². The Hall–Kier alpha value is -4.05. The maximum absolute atomic E-state index is 13.0. The Morgan fingerprint density at radius 1 is 1.11 bits per heavy atom. The lowest BCUT2D eigenvalue weighted by Crippen LogP contribution is -1.91. The summed E-state index contributed by atoms with van der Waals surface area (Å²) in [5.41, 5.74) is 1.67. The molecule has 0 bridgehead atoms. The van der Waals surface area contributed by atoms with Crippen LogP contribution < -0.4 is 4.74 Å². The first kappa shape index (κ1) is 17.8. The van der Waals surface area contributed by atoms with Gasteiger partial charge in [0.1, 0.15) is 17.8 Å². The average molecular weight is 361 g/mol. The van der Waals surface area contributed by atoms with Crippen LogP contribution in [0, 0.1) is 27.3 Å². The summed E-state index contributed by atoms with van der Waals surface area (Å²) in [6.45, 7) is 0. The Morgan fingerprint density at radius 2 is 1.81 bits per heavy atom. The zero-order valence-corrected chi connectivity index (χ0v) is 13.9. The van der Waals surface area contributed by atoms with E-state index in [9.17, 15) is 19.8 Å². The predicted octanol–water partition coefficient (Wildman–Crippen LogP) is 4.99. The first-order valence-corrected chi connectivity index (χ1v) is 7.81. The van der Waals surface area contributed by atoms with E-state index in [1.54, 1.807) is 42.5 Å². The lowest BCUT2D eigenvalue weighted by atomic mass is 10.0. The lowest BCUT2D eigenvalue weighted by Gasteiger charge is -2.05. The normalized spacial score (nSPS) is 10.9. The van der Waals surface area contributed by atoms with E-state index in [0.717, 1.165) is 11.8 Å². The number of hydrogen-bond donors (Lipinski definition) is 0.